The Morgan fingerprint density at radius 1 is 0.897 bits per heavy atom. The lowest BCUT2D eigenvalue weighted by molar-refractivity contribution is 0.379. The van der Waals surface area contributed by atoms with Crippen molar-refractivity contribution in [2.24, 2.45) is 16.6 Å². The Bertz CT molecular complexity index is 791. The Balaban J connectivity index is 0.00000240. The molecular weight excluding hydrogens is 480 g/mol. The maximum Gasteiger partial charge on any atom is 0.191 e. The molecule has 2 fully saturated rings. The van der Waals surface area contributed by atoms with Gasteiger partial charge in [-0.1, -0.05) is 18.2 Å². The smallest absolute Gasteiger partial charge is 0.191 e. The van der Waals surface area contributed by atoms with Crippen LogP contribution in [0, 0.1) is 11.7 Å². The van der Waals surface area contributed by atoms with Crippen LogP contribution >= 0.6 is 24.0 Å². The Morgan fingerprint density at radius 2 is 1.55 bits per heavy atom. The molecule has 7 heteroatoms. The number of hydrogen-bond acceptors (Lipinski definition) is 3. The lowest BCUT2D eigenvalue weighted by atomic mass is 10.1. The van der Waals surface area contributed by atoms with Crippen LogP contribution in [0.2, 0.25) is 0 Å². The van der Waals surface area contributed by atoms with E-state index in [1.807, 2.05) is 12.1 Å². The van der Waals surface area contributed by atoms with Crippen molar-refractivity contribution in [2.75, 3.05) is 55.6 Å². The van der Waals surface area contributed by atoms with Crippen LogP contribution in [0.1, 0.15) is 6.42 Å². The number of nitrogens with two attached hydrogens (primary N) is 1. The van der Waals surface area contributed by atoms with Gasteiger partial charge in [0.25, 0.3) is 0 Å². The number of hydrogen-bond donors (Lipinski definition) is 1. The average molecular weight is 509 g/mol. The van der Waals surface area contributed by atoms with Gasteiger partial charge in [0.1, 0.15) is 5.82 Å². The third-order valence-corrected chi connectivity index (χ3v) is 5.71. The number of nitrogens with zero attached hydrogens (tertiary/aromatic N) is 4. The van der Waals surface area contributed by atoms with E-state index in [9.17, 15) is 4.39 Å². The van der Waals surface area contributed by atoms with Crippen LogP contribution in [0.4, 0.5) is 15.8 Å². The maximum absolute atomic E-state index is 13.1. The number of guanidine groups is 1. The van der Waals surface area contributed by atoms with Crippen LogP contribution in [0.5, 0.6) is 0 Å². The van der Waals surface area contributed by atoms with E-state index in [4.69, 9.17) is 10.7 Å². The Labute approximate surface area is 189 Å². The van der Waals surface area contributed by atoms with Crippen LogP contribution in [0.3, 0.4) is 0 Å². The number of benzene rings is 2. The highest BCUT2D eigenvalue weighted by Crippen LogP contribution is 2.23. The van der Waals surface area contributed by atoms with E-state index in [0.29, 0.717) is 11.9 Å². The quantitative estimate of drug-likeness (QED) is 0.390. The van der Waals surface area contributed by atoms with Crippen LogP contribution in [-0.4, -0.2) is 56.7 Å². The number of rotatable bonds is 4. The first-order chi connectivity index (χ1) is 13.7. The van der Waals surface area contributed by atoms with Gasteiger partial charge in [-0.3, -0.25) is 4.99 Å². The fourth-order valence-corrected chi connectivity index (χ4v) is 4.02. The predicted molar refractivity (Wildman–Crippen MR) is 129 cm³/mol. The second kappa shape index (κ2) is 10.1. The zero-order valence-corrected chi connectivity index (χ0v) is 18.9. The van der Waals surface area contributed by atoms with Gasteiger partial charge in [-0.15, -0.1) is 24.0 Å². The molecule has 156 valence electrons. The van der Waals surface area contributed by atoms with Crippen molar-refractivity contribution in [2.45, 2.75) is 6.42 Å². The Kier molecular flexibility index (Phi) is 7.57. The lowest BCUT2D eigenvalue weighted by Gasteiger charge is -2.36. The standard InChI is InChI=1S/C22H28FN5.HI/c23-19-6-8-21(9-7-19)26-12-14-27(15-13-26)22(24)25-16-18-10-11-28(17-18)20-4-2-1-3-5-20;/h1-9,18H,10-17H2,(H2,24,25);1H. The van der Waals surface area contributed by atoms with Gasteiger partial charge in [0, 0.05) is 57.2 Å². The van der Waals surface area contributed by atoms with Gasteiger partial charge >= 0.3 is 0 Å². The minimum Gasteiger partial charge on any atom is -0.371 e. The second-order valence-corrected chi connectivity index (χ2v) is 7.59. The molecule has 29 heavy (non-hydrogen) atoms. The SMILES string of the molecule is I.NC(=NCC1CCN(c2ccccc2)C1)N1CCN(c2ccc(F)cc2)CC1. The first-order valence-electron chi connectivity index (χ1n) is 10.0. The van der Waals surface area contributed by atoms with Crippen molar-refractivity contribution < 1.29 is 4.39 Å². The molecule has 0 bridgehead atoms. The summed E-state index contributed by atoms with van der Waals surface area (Å²) in [7, 11) is 0. The zero-order chi connectivity index (χ0) is 19.3. The van der Waals surface area contributed by atoms with Crippen molar-refractivity contribution in [3.05, 3.63) is 60.4 Å². The van der Waals surface area contributed by atoms with Gasteiger partial charge in [0.05, 0.1) is 0 Å². The molecule has 2 aliphatic heterocycles. The van der Waals surface area contributed by atoms with E-state index in [-0.39, 0.29) is 29.8 Å². The Morgan fingerprint density at radius 3 is 2.24 bits per heavy atom. The van der Waals surface area contributed by atoms with Crippen LogP contribution in [-0.2, 0) is 0 Å². The zero-order valence-electron chi connectivity index (χ0n) is 16.6. The summed E-state index contributed by atoms with van der Waals surface area (Å²) >= 11 is 0. The van der Waals surface area contributed by atoms with Gasteiger partial charge in [-0.25, -0.2) is 4.39 Å². The molecule has 0 amide bonds. The third-order valence-electron chi connectivity index (χ3n) is 5.71. The summed E-state index contributed by atoms with van der Waals surface area (Å²) in [5.74, 6) is 1.01. The Hall–Kier alpha value is -2.03. The molecule has 0 saturated carbocycles. The van der Waals surface area contributed by atoms with Crippen molar-refractivity contribution in [3.8, 4) is 0 Å². The number of aliphatic imine (C=N–C) groups is 1. The van der Waals surface area contributed by atoms with Gasteiger partial charge in [0.2, 0.25) is 0 Å². The molecule has 0 spiro atoms. The van der Waals surface area contributed by atoms with E-state index < -0.39 is 0 Å². The summed E-state index contributed by atoms with van der Waals surface area (Å²) in [6, 6.07) is 17.3. The van der Waals surface area contributed by atoms with Gasteiger partial charge in [0.15, 0.2) is 5.96 Å². The first kappa shape index (κ1) is 21.7. The highest BCUT2D eigenvalue weighted by Gasteiger charge is 2.23. The molecule has 0 aromatic heterocycles. The molecule has 4 rings (SSSR count). The van der Waals surface area contributed by atoms with Crippen molar-refractivity contribution in [1.29, 1.82) is 0 Å². The third kappa shape index (κ3) is 5.52. The molecule has 2 N–H and O–H groups in total. The molecule has 2 aromatic rings. The molecule has 2 saturated heterocycles. The van der Waals surface area contributed by atoms with Gasteiger partial charge < -0.3 is 20.4 Å². The molecule has 0 aliphatic carbocycles. The predicted octanol–water partition coefficient (Wildman–Crippen LogP) is 3.41. The van der Waals surface area contributed by atoms with Crippen LogP contribution < -0.4 is 15.5 Å². The molecular formula is C22H29FIN5. The fourth-order valence-electron chi connectivity index (χ4n) is 4.02. The normalized spacial score (nSPS) is 20.0. The molecule has 2 aromatic carbocycles. The highest BCUT2D eigenvalue weighted by atomic mass is 127. The molecule has 0 radical (unpaired) electrons. The summed E-state index contributed by atoms with van der Waals surface area (Å²) in [6.45, 7) is 6.33. The highest BCUT2D eigenvalue weighted by molar-refractivity contribution is 14.0. The molecule has 1 atom stereocenters. The summed E-state index contributed by atoms with van der Waals surface area (Å²) in [4.78, 5) is 11.5. The van der Waals surface area contributed by atoms with Crippen LogP contribution in [0.25, 0.3) is 0 Å². The van der Waals surface area contributed by atoms with E-state index in [1.165, 1.54) is 17.8 Å². The lowest BCUT2D eigenvalue weighted by Crippen LogP contribution is -2.51. The van der Waals surface area contributed by atoms with Crippen molar-refractivity contribution in [1.82, 2.24) is 4.90 Å². The minimum atomic E-state index is -0.198. The van der Waals surface area contributed by atoms with Crippen molar-refractivity contribution in [3.63, 3.8) is 0 Å². The number of piperazine rings is 1. The molecule has 2 aliphatic rings. The monoisotopic (exact) mass is 509 g/mol. The van der Waals surface area contributed by atoms with Gasteiger partial charge in [-0.2, -0.15) is 0 Å². The van der Waals surface area contributed by atoms with E-state index in [0.717, 1.165) is 57.9 Å². The number of anilines is 2. The largest absolute Gasteiger partial charge is 0.371 e. The summed E-state index contributed by atoms with van der Waals surface area (Å²) in [6.07, 6.45) is 1.16. The van der Waals surface area contributed by atoms with Crippen molar-refractivity contribution >= 4 is 41.3 Å². The van der Waals surface area contributed by atoms with Crippen LogP contribution in [0.15, 0.2) is 59.6 Å². The molecule has 5 nitrogen and oxygen atoms in total. The topological polar surface area (TPSA) is 48.1 Å². The molecule has 2 heterocycles. The second-order valence-electron chi connectivity index (χ2n) is 7.59. The first-order valence-corrected chi connectivity index (χ1v) is 10.0. The minimum absolute atomic E-state index is 0. The van der Waals surface area contributed by atoms with E-state index in [2.05, 4.69) is 45.0 Å². The number of para-hydroxylation sites is 1. The summed E-state index contributed by atoms with van der Waals surface area (Å²) < 4.78 is 13.1. The molecule has 1 unspecified atom stereocenters. The van der Waals surface area contributed by atoms with Gasteiger partial charge in [-0.05, 0) is 48.7 Å². The summed E-state index contributed by atoms with van der Waals surface area (Å²) in [5, 5.41) is 0. The fraction of sp³-hybridized carbons (Fsp3) is 0.409. The average Bonchev–Trinajstić information content (AvgIpc) is 3.22. The maximum atomic E-state index is 13.1. The van der Waals surface area contributed by atoms with E-state index in [1.54, 1.807) is 0 Å². The summed E-state index contributed by atoms with van der Waals surface area (Å²) in [5.41, 5.74) is 8.62. The number of halogens is 2. The van der Waals surface area contributed by atoms with E-state index >= 15 is 0 Å².